The van der Waals surface area contributed by atoms with E-state index in [2.05, 4.69) is 29.2 Å². The Morgan fingerprint density at radius 1 is 1.10 bits per heavy atom. The average molecular weight is 308 g/mol. The van der Waals surface area contributed by atoms with Gasteiger partial charge >= 0.3 is 0 Å². The molecule has 0 spiro atoms. The highest BCUT2D eigenvalue weighted by Gasteiger charge is 2.25. The van der Waals surface area contributed by atoms with Gasteiger partial charge in [0.15, 0.2) is 0 Å². The molecule has 0 atom stereocenters. The van der Waals surface area contributed by atoms with Gasteiger partial charge in [-0.1, -0.05) is 49.4 Å². The van der Waals surface area contributed by atoms with Crippen molar-refractivity contribution in [2.24, 2.45) is 0 Å². The van der Waals surface area contributed by atoms with Crippen molar-refractivity contribution in [3.63, 3.8) is 0 Å². The lowest BCUT2D eigenvalue weighted by molar-refractivity contribution is 0.204. The van der Waals surface area contributed by atoms with Gasteiger partial charge in [0, 0.05) is 32.7 Å². The molecule has 1 aromatic carbocycles. The summed E-state index contributed by atoms with van der Waals surface area (Å²) in [5.74, 6) is 0.265. The molecular formula is C16H24N2O2S. The third-order valence-corrected chi connectivity index (χ3v) is 5.74. The topological polar surface area (TPSA) is 40.6 Å². The van der Waals surface area contributed by atoms with Crippen LogP contribution in [0.2, 0.25) is 0 Å². The summed E-state index contributed by atoms with van der Waals surface area (Å²) in [6.07, 6.45) is 4.94. The smallest absolute Gasteiger partial charge is 0.214 e. The van der Waals surface area contributed by atoms with Crippen molar-refractivity contribution in [2.45, 2.75) is 13.3 Å². The number of piperazine rings is 1. The summed E-state index contributed by atoms with van der Waals surface area (Å²) in [5, 5.41) is 0. The van der Waals surface area contributed by atoms with Crippen molar-refractivity contribution in [3.8, 4) is 0 Å². The third-order valence-electron chi connectivity index (χ3n) is 3.66. The van der Waals surface area contributed by atoms with Gasteiger partial charge in [-0.25, -0.2) is 8.42 Å². The predicted octanol–water partition coefficient (Wildman–Crippen LogP) is 2.06. The zero-order valence-corrected chi connectivity index (χ0v) is 13.4. The molecule has 4 nitrogen and oxygen atoms in total. The summed E-state index contributed by atoms with van der Waals surface area (Å²) < 4.78 is 25.6. The van der Waals surface area contributed by atoms with Crippen LogP contribution in [0, 0.1) is 0 Å². The van der Waals surface area contributed by atoms with Crippen molar-refractivity contribution in [1.82, 2.24) is 9.21 Å². The van der Waals surface area contributed by atoms with Gasteiger partial charge in [-0.05, 0) is 12.0 Å². The van der Waals surface area contributed by atoms with Gasteiger partial charge in [-0.3, -0.25) is 4.90 Å². The molecule has 0 aliphatic carbocycles. The van der Waals surface area contributed by atoms with E-state index in [1.165, 1.54) is 5.56 Å². The molecule has 0 saturated carbocycles. The molecule has 0 N–H and O–H groups in total. The molecule has 1 aromatic rings. The van der Waals surface area contributed by atoms with E-state index in [-0.39, 0.29) is 5.75 Å². The molecule has 0 aromatic heterocycles. The van der Waals surface area contributed by atoms with E-state index in [0.717, 1.165) is 19.6 Å². The van der Waals surface area contributed by atoms with Crippen molar-refractivity contribution in [2.75, 3.05) is 38.5 Å². The highest BCUT2D eigenvalue weighted by molar-refractivity contribution is 7.89. The molecular weight excluding hydrogens is 284 g/mol. The zero-order chi connectivity index (χ0) is 15.1. The first-order chi connectivity index (χ1) is 10.1. The molecule has 0 bridgehead atoms. The number of benzene rings is 1. The Morgan fingerprint density at radius 3 is 2.38 bits per heavy atom. The fourth-order valence-corrected chi connectivity index (χ4v) is 3.97. The molecule has 116 valence electrons. The first-order valence-corrected chi connectivity index (χ1v) is 9.14. The number of hydrogen-bond donors (Lipinski definition) is 0. The first-order valence-electron chi connectivity index (χ1n) is 7.53. The fraction of sp³-hybridized carbons (Fsp3) is 0.500. The van der Waals surface area contributed by atoms with Crippen LogP contribution in [0.15, 0.2) is 36.4 Å². The molecule has 21 heavy (non-hydrogen) atoms. The summed E-state index contributed by atoms with van der Waals surface area (Å²) >= 11 is 0. The highest BCUT2D eigenvalue weighted by Crippen LogP contribution is 2.09. The van der Waals surface area contributed by atoms with Crippen LogP contribution >= 0.6 is 0 Å². The summed E-state index contributed by atoms with van der Waals surface area (Å²) in [7, 11) is -3.03. The summed E-state index contributed by atoms with van der Waals surface area (Å²) in [6.45, 7) is 5.62. The molecule has 1 aliphatic rings. The van der Waals surface area contributed by atoms with Gasteiger partial charge in [-0.2, -0.15) is 4.31 Å². The second-order valence-corrected chi connectivity index (χ2v) is 7.42. The first kappa shape index (κ1) is 16.2. The monoisotopic (exact) mass is 308 g/mol. The summed E-state index contributed by atoms with van der Waals surface area (Å²) in [6, 6.07) is 10.2. The molecule has 0 radical (unpaired) electrons. The van der Waals surface area contributed by atoms with Crippen molar-refractivity contribution >= 4 is 16.1 Å². The lowest BCUT2D eigenvalue weighted by Crippen LogP contribution is -2.49. The van der Waals surface area contributed by atoms with Gasteiger partial charge < -0.3 is 0 Å². The molecule has 1 saturated heterocycles. The maximum Gasteiger partial charge on any atom is 0.214 e. The molecule has 0 amide bonds. The fourth-order valence-electron chi connectivity index (χ4n) is 2.48. The number of rotatable bonds is 6. The van der Waals surface area contributed by atoms with E-state index in [4.69, 9.17) is 0 Å². The minimum atomic E-state index is -3.03. The lowest BCUT2D eigenvalue weighted by Gasteiger charge is -2.33. The van der Waals surface area contributed by atoms with Gasteiger partial charge in [0.05, 0.1) is 5.75 Å². The Morgan fingerprint density at radius 2 is 1.76 bits per heavy atom. The molecule has 1 fully saturated rings. The zero-order valence-electron chi connectivity index (χ0n) is 12.6. The Bertz CT molecular complexity index is 547. The average Bonchev–Trinajstić information content (AvgIpc) is 2.49. The molecule has 2 rings (SSSR count). The van der Waals surface area contributed by atoms with Crippen molar-refractivity contribution < 1.29 is 8.42 Å². The van der Waals surface area contributed by atoms with Gasteiger partial charge in [0.1, 0.15) is 0 Å². The lowest BCUT2D eigenvalue weighted by atomic mass is 10.2. The van der Waals surface area contributed by atoms with E-state index < -0.39 is 10.0 Å². The van der Waals surface area contributed by atoms with E-state index in [1.807, 2.05) is 25.1 Å². The summed E-state index contributed by atoms with van der Waals surface area (Å²) in [5.41, 5.74) is 1.20. The van der Waals surface area contributed by atoms with Crippen LogP contribution in [0.1, 0.15) is 18.9 Å². The normalized spacial score (nSPS) is 18.3. The minimum Gasteiger partial charge on any atom is -0.297 e. The van der Waals surface area contributed by atoms with E-state index >= 15 is 0 Å². The van der Waals surface area contributed by atoms with Crippen LogP contribution in [0.4, 0.5) is 0 Å². The second kappa shape index (κ2) is 7.73. The van der Waals surface area contributed by atoms with Crippen molar-refractivity contribution in [1.29, 1.82) is 0 Å². The molecule has 1 heterocycles. The quantitative estimate of drug-likeness (QED) is 0.807. The maximum atomic E-state index is 12.0. The van der Waals surface area contributed by atoms with Crippen LogP contribution in [-0.4, -0.2) is 56.1 Å². The standard InChI is InChI=1S/C16H24N2O2S/c1-2-15-21(19,20)18-13-11-17(12-14-18)10-6-9-16-7-4-3-5-8-16/h3-9H,2,10-15H2,1H3/b9-6+. The van der Waals surface area contributed by atoms with E-state index in [1.54, 1.807) is 4.31 Å². The van der Waals surface area contributed by atoms with Crippen LogP contribution < -0.4 is 0 Å². The Kier molecular flexibility index (Phi) is 5.96. The third kappa shape index (κ3) is 4.95. The van der Waals surface area contributed by atoms with Gasteiger partial charge in [0.25, 0.3) is 0 Å². The van der Waals surface area contributed by atoms with Crippen molar-refractivity contribution in [3.05, 3.63) is 42.0 Å². The summed E-state index contributed by atoms with van der Waals surface area (Å²) in [4.78, 5) is 2.29. The number of hydrogen-bond acceptors (Lipinski definition) is 3. The Labute approximate surface area is 128 Å². The van der Waals surface area contributed by atoms with Crippen LogP contribution in [-0.2, 0) is 10.0 Å². The van der Waals surface area contributed by atoms with Crippen LogP contribution in [0.5, 0.6) is 0 Å². The number of nitrogens with zero attached hydrogens (tertiary/aromatic N) is 2. The largest absolute Gasteiger partial charge is 0.297 e. The van der Waals surface area contributed by atoms with E-state index in [0.29, 0.717) is 19.5 Å². The minimum absolute atomic E-state index is 0.265. The number of sulfonamides is 1. The molecule has 0 unspecified atom stereocenters. The van der Waals surface area contributed by atoms with Gasteiger partial charge in [-0.15, -0.1) is 0 Å². The second-order valence-electron chi connectivity index (χ2n) is 5.33. The van der Waals surface area contributed by atoms with Gasteiger partial charge in [0.2, 0.25) is 10.0 Å². The highest BCUT2D eigenvalue weighted by atomic mass is 32.2. The SMILES string of the molecule is CCCS(=O)(=O)N1CCN(C/C=C/c2ccccc2)CC1. The predicted molar refractivity (Wildman–Crippen MR) is 87.6 cm³/mol. The Balaban J connectivity index is 1.78. The Hall–Kier alpha value is -1.17. The molecule has 1 aliphatic heterocycles. The van der Waals surface area contributed by atoms with Crippen LogP contribution in [0.25, 0.3) is 6.08 Å². The molecule has 5 heteroatoms. The van der Waals surface area contributed by atoms with E-state index in [9.17, 15) is 8.42 Å². The maximum absolute atomic E-state index is 12.0. The van der Waals surface area contributed by atoms with Crippen LogP contribution in [0.3, 0.4) is 0 Å².